The quantitative estimate of drug-likeness (QED) is 0.698. The third kappa shape index (κ3) is 2.55. The van der Waals surface area contributed by atoms with Crippen molar-refractivity contribution in [2.45, 2.75) is 45.6 Å². The van der Waals surface area contributed by atoms with Crippen molar-refractivity contribution in [2.24, 2.45) is 0 Å². The van der Waals surface area contributed by atoms with Crippen molar-refractivity contribution in [3.63, 3.8) is 0 Å². The summed E-state index contributed by atoms with van der Waals surface area (Å²) >= 11 is 0. The van der Waals surface area contributed by atoms with E-state index in [4.69, 9.17) is 0 Å². The first-order valence-corrected chi connectivity index (χ1v) is 5.22. The van der Waals surface area contributed by atoms with E-state index in [1.807, 2.05) is 6.92 Å². The molecule has 14 heavy (non-hydrogen) atoms. The molecule has 1 aliphatic carbocycles. The molecule has 0 heterocycles. The predicted molar refractivity (Wildman–Crippen MR) is 57.0 cm³/mol. The lowest BCUT2D eigenvalue weighted by Gasteiger charge is -2.01. The van der Waals surface area contributed by atoms with Gasteiger partial charge in [-0.15, -0.1) is 0 Å². The van der Waals surface area contributed by atoms with Gasteiger partial charge < -0.3 is 5.11 Å². The van der Waals surface area contributed by atoms with Crippen molar-refractivity contribution in [3.8, 4) is 0 Å². The summed E-state index contributed by atoms with van der Waals surface area (Å²) in [5, 5.41) is 9.44. The molecule has 0 amide bonds. The van der Waals surface area contributed by atoms with E-state index in [9.17, 15) is 9.90 Å². The zero-order valence-electron chi connectivity index (χ0n) is 8.92. The molecule has 0 saturated carbocycles. The zero-order chi connectivity index (χ0) is 10.6. The second-order valence-electron chi connectivity index (χ2n) is 3.72. The summed E-state index contributed by atoms with van der Waals surface area (Å²) in [6.07, 6.45) is 6.68. The fraction of sp³-hybridized carbons (Fsp3) is 0.583. The van der Waals surface area contributed by atoms with E-state index < -0.39 is 6.10 Å². The Balaban J connectivity index is 2.51. The highest BCUT2D eigenvalue weighted by Gasteiger charge is 2.26. The third-order valence-electron chi connectivity index (χ3n) is 2.65. The highest BCUT2D eigenvalue weighted by Crippen LogP contribution is 2.26. The van der Waals surface area contributed by atoms with Crippen LogP contribution in [0.5, 0.6) is 0 Å². The van der Waals surface area contributed by atoms with Gasteiger partial charge in [0, 0.05) is 6.42 Å². The fourth-order valence-corrected chi connectivity index (χ4v) is 1.72. The van der Waals surface area contributed by atoms with Gasteiger partial charge in [0.1, 0.15) is 0 Å². The Hall–Kier alpha value is -0.890. The molecule has 0 radical (unpaired) electrons. The highest BCUT2D eigenvalue weighted by molar-refractivity contribution is 5.99. The minimum atomic E-state index is -0.521. The zero-order valence-corrected chi connectivity index (χ0v) is 8.92. The van der Waals surface area contributed by atoms with Gasteiger partial charge in [0.15, 0.2) is 5.78 Å². The Morgan fingerprint density at radius 1 is 1.50 bits per heavy atom. The molecular weight excluding hydrogens is 176 g/mol. The number of ketones is 1. The van der Waals surface area contributed by atoms with Crippen LogP contribution in [0.1, 0.15) is 39.5 Å². The molecule has 0 saturated heterocycles. The molecule has 78 valence electrons. The molecular formula is C12H18O2. The molecule has 2 heteroatoms. The first-order chi connectivity index (χ1) is 6.66. The van der Waals surface area contributed by atoms with Crippen LogP contribution in [0.3, 0.4) is 0 Å². The lowest BCUT2D eigenvalue weighted by Crippen LogP contribution is -2.03. The van der Waals surface area contributed by atoms with Crippen LogP contribution in [0.4, 0.5) is 0 Å². The average molecular weight is 194 g/mol. The second-order valence-corrected chi connectivity index (χ2v) is 3.72. The Morgan fingerprint density at radius 2 is 2.21 bits per heavy atom. The second kappa shape index (κ2) is 5.11. The molecule has 0 fully saturated rings. The monoisotopic (exact) mass is 194 g/mol. The minimum Gasteiger partial charge on any atom is -0.388 e. The van der Waals surface area contributed by atoms with Crippen LogP contribution >= 0.6 is 0 Å². The summed E-state index contributed by atoms with van der Waals surface area (Å²) < 4.78 is 0. The van der Waals surface area contributed by atoms with Crippen molar-refractivity contribution in [1.29, 1.82) is 0 Å². The Labute approximate surface area is 85.3 Å². The standard InChI is InChI=1S/C12H18O2/c1-3-4-5-6-7-10-9(2)11(13)8-12(10)14/h4-5,11,13H,3,6-8H2,1-2H3/b5-4-. The van der Waals surface area contributed by atoms with Crippen LogP contribution in [0, 0.1) is 0 Å². The SMILES string of the molecule is CC/C=C\CCC1=C(C)C(O)CC1=O. The molecule has 0 aromatic rings. The van der Waals surface area contributed by atoms with Crippen molar-refractivity contribution in [3.05, 3.63) is 23.3 Å². The van der Waals surface area contributed by atoms with Crippen molar-refractivity contribution >= 4 is 5.78 Å². The van der Waals surface area contributed by atoms with Gasteiger partial charge in [-0.2, -0.15) is 0 Å². The smallest absolute Gasteiger partial charge is 0.161 e. The van der Waals surface area contributed by atoms with Crippen LogP contribution in [0.25, 0.3) is 0 Å². The molecule has 1 rings (SSSR count). The van der Waals surface area contributed by atoms with Gasteiger partial charge >= 0.3 is 0 Å². The van der Waals surface area contributed by atoms with E-state index in [-0.39, 0.29) is 5.78 Å². The van der Waals surface area contributed by atoms with E-state index in [2.05, 4.69) is 19.1 Å². The summed E-state index contributed by atoms with van der Waals surface area (Å²) in [5.41, 5.74) is 1.72. The third-order valence-corrected chi connectivity index (χ3v) is 2.65. The van der Waals surface area contributed by atoms with E-state index in [1.54, 1.807) is 0 Å². The molecule has 1 aliphatic rings. The summed E-state index contributed by atoms with van der Waals surface area (Å²) in [4.78, 5) is 11.4. The molecule has 0 aromatic carbocycles. The molecule has 1 N–H and O–H groups in total. The number of carbonyl (C=O) groups excluding carboxylic acids is 1. The number of aliphatic hydroxyl groups excluding tert-OH is 1. The first kappa shape index (κ1) is 11.2. The van der Waals surface area contributed by atoms with Crippen LogP contribution in [0.2, 0.25) is 0 Å². The molecule has 0 bridgehead atoms. The molecule has 0 spiro atoms. The van der Waals surface area contributed by atoms with Crippen LogP contribution in [0.15, 0.2) is 23.3 Å². The Kier molecular flexibility index (Phi) is 4.08. The number of Topliss-reactive ketones (excluding diaryl/α,β-unsaturated/α-hetero) is 1. The molecule has 0 aromatic heterocycles. The maximum Gasteiger partial charge on any atom is 0.161 e. The summed E-state index contributed by atoms with van der Waals surface area (Å²) in [7, 11) is 0. The molecule has 1 atom stereocenters. The number of hydrogen-bond acceptors (Lipinski definition) is 2. The number of aliphatic hydroxyl groups is 1. The van der Waals surface area contributed by atoms with Gasteiger partial charge in [-0.3, -0.25) is 4.79 Å². The molecule has 2 nitrogen and oxygen atoms in total. The maximum atomic E-state index is 11.4. The average Bonchev–Trinajstić information content (AvgIpc) is 2.38. The van der Waals surface area contributed by atoms with Crippen molar-refractivity contribution < 1.29 is 9.90 Å². The minimum absolute atomic E-state index is 0.125. The normalized spacial score (nSPS) is 22.8. The van der Waals surface area contributed by atoms with Crippen LogP contribution in [-0.4, -0.2) is 17.0 Å². The summed E-state index contributed by atoms with van der Waals surface area (Å²) in [6.45, 7) is 3.94. The summed E-state index contributed by atoms with van der Waals surface area (Å²) in [5.74, 6) is 0.125. The Morgan fingerprint density at radius 3 is 2.71 bits per heavy atom. The highest BCUT2D eigenvalue weighted by atomic mass is 16.3. The van der Waals surface area contributed by atoms with Gasteiger partial charge in [-0.1, -0.05) is 19.1 Å². The van der Waals surface area contributed by atoms with Crippen LogP contribution in [-0.2, 0) is 4.79 Å². The van der Waals surface area contributed by atoms with Gasteiger partial charge in [-0.05, 0) is 37.3 Å². The van der Waals surface area contributed by atoms with Gasteiger partial charge in [0.25, 0.3) is 0 Å². The Bertz CT molecular complexity index is 274. The van der Waals surface area contributed by atoms with Gasteiger partial charge in [-0.25, -0.2) is 0 Å². The van der Waals surface area contributed by atoms with Crippen LogP contribution < -0.4 is 0 Å². The predicted octanol–water partition coefficient (Wildman–Crippen LogP) is 2.38. The summed E-state index contributed by atoms with van der Waals surface area (Å²) in [6, 6.07) is 0. The number of hydrogen-bond donors (Lipinski definition) is 1. The van der Waals surface area contributed by atoms with E-state index in [0.29, 0.717) is 6.42 Å². The van der Waals surface area contributed by atoms with Crippen molar-refractivity contribution in [1.82, 2.24) is 0 Å². The number of rotatable bonds is 4. The lowest BCUT2D eigenvalue weighted by atomic mass is 10.1. The van der Waals surface area contributed by atoms with Gasteiger partial charge in [0.2, 0.25) is 0 Å². The van der Waals surface area contributed by atoms with E-state index in [1.165, 1.54) is 0 Å². The fourth-order valence-electron chi connectivity index (χ4n) is 1.72. The number of carbonyl (C=O) groups is 1. The maximum absolute atomic E-state index is 11.4. The lowest BCUT2D eigenvalue weighted by molar-refractivity contribution is -0.115. The van der Waals surface area contributed by atoms with Gasteiger partial charge in [0.05, 0.1) is 6.10 Å². The topological polar surface area (TPSA) is 37.3 Å². The number of allylic oxidation sites excluding steroid dienone is 3. The van der Waals surface area contributed by atoms with E-state index >= 15 is 0 Å². The molecule has 1 unspecified atom stereocenters. The first-order valence-electron chi connectivity index (χ1n) is 5.22. The van der Waals surface area contributed by atoms with E-state index in [0.717, 1.165) is 30.4 Å². The largest absolute Gasteiger partial charge is 0.388 e. The van der Waals surface area contributed by atoms with Crippen molar-refractivity contribution in [2.75, 3.05) is 0 Å². The molecule has 0 aliphatic heterocycles.